The highest BCUT2D eigenvalue weighted by Crippen LogP contribution is 2.33. The van der Waals surface area contributed by atoms with Crippen molar-refractivity contribution in [3.05, 3.63) is 132 Å². The van der Waals surface area contributed by atoms with E-state index in [1.807, 2.05) is 84.9 Å². The summed E-state index contributed by atoms with van der Waals surface area (Å²) in [5.74, 6) is 0. The van der Waals surface area contributed by atoms with Crippen molar-refractivity contribution < 1.29 is 8.42 Å². The van der Waals surface area contributed by atoms with Gasteiger partial charge in [0.15, 0.2) is 0 Å². The molecule has 33 heavy (non-hydrogen) atoms. The van der Waals surface area contributed by atoms with Gasteiger partial charge in [0.05, 0.1) is 24.2 Å². The Balaban J connectivity index is 1.77. The lowest BCUT2D eigenvalue weighted by Crippen LogP contribution is -2.32. The van der Waals surface area contributed by atoms with E-state index in [1.165, 1.54) is 10.6 Å². The van der Waals surface area contributed by atoms with Crippen molar-refractivity contribution in [3.63, 3.8) is 0 Å². The zero-order valence-corrected chi connectivity index (χ0v) is 19.4. The summed E-state index contributed by atoms with van der Waals surface area (Å²) in [7, 11) is -3.53. The Morgan fingerprint density at radius 2 is 1.09 bits per heavy atom. The minimum atomic E-state index is -3.53. The van der Waals surface area contributed by atoms with Gasteiger partial charge in [-0.25, -0.2) is 8.42 Å². The Morgan fingerprint density at radius 1 is 0.636 bits per heavy atom. The number of sulfonamides is 1. The van der Waals surface area contributed by atoms with Crippen molar-refractivity contribution in [1.29, 1.82) is 0 Å². The minimum absolute atomic E-state index is 0.259. The number of para-hydroxylation sites is 1. The molecule has 4 rings (SSSR count). The van der Waals surface area contributed by atoms with Gasteiger partial charge in [-0.05, 0) is 22.8 Å². The molecule has 0 bridgehead atoms. The van der Waals surface area contributed by atoms with Gasteiger partial charge in [-0.15, -0.1) is 0 Å². The number of hydrogen-bond acceptors (Lipinski definition) is 3. The first-order chi connectivity index (χ1) is 16.0. The average Bonchev–Trinajstić information content (AvgIpc) is 2.83. The van der Waals surface area contributed by atoms with E-state index < -0.39 is 10.0 Å². The van der Waals surface area contributed by atoms with Crippen LogP contribution in [0, 0.1) is 6.07 Å². The van der Waals surface area contributed by atoms with E-state index in [2.05, 4.69) is 35.2 Å². The van der Waals surface area contributed by atoms with Crippen LogP contribution in [0.1, 0.15) is 16.7 Å². The van der Waals surface area contributed by atoms with Crippen LogP contribution in [0.15, 0.2) is 109 Å². The van der Waals surface area contributed by atoms with Gasteiger partial charge in [0.1, 0.15) is 0 Å². The van der Waals surface area contributed by atoms with Gasteiger partial charge >= 0.3 is 0 Å². The third-order valence-corrected chi connectivity index (χ3v) is 6.53. The van der Waals surface area contributed by atoms with Crippen molar-refractivity contribution in [2.45, 2.75) is 19.6 Å². The normalized spacial score (nSPS) is 11.2. The highest BCUT2D eigenvalue weighted by molar-refractivity contribution is 7.92. The number of benzene rings is 4. The molecule has 4 nitrogen and oxygen atoms in total. The maximum Gasteiger partial charge on any atom is 0.232 e. The molecule has 0 fully saturated rings. The molecule has 0 saturated carbocycles. The quantitative estimate of drug-likeness (QED) is 0.327. The zero-order valence-electron chi connectivity index (χ0n) is 18.6. The predicted molar refractivity (Wildman–Crippen MR) is 136 cm³/mol. The smallest absolute Gasteiger partial charge is 0.232 e. The molecular formula is C28H27N2O2S. The van der Waals surface area contributed by atoms with Crippen molar-refractivity contribution in [2.75, 3.05) is 15.5 Å². The van der Waals surface area contributed by atoms with Crippen molar-refractivity contribution in [1.82, 2.24) is 0 Å². The molecule has 0 N–H and O–H groups in total. The molecule has 4 aromatic carbocycles. The molecule has 0 aliphatic heterocycles. The van der Waals surface area contributed by atoms with Crippen LogP contribution in [0.5, 0.6) is 0 Å². The second-order valence-corrected chi connectivity index (χ2v) is 9.89. The lowest BCUT2D eigenvalue weighted by atomic mass is 10.1. The van der Waals surface area contributed by atoms with Crippen molar-refractivity contribution in [2.24, 2.45) is 0 Å². The Morgan fingerprint density at radius 3 is 1.55 bits per heavy atom. The summed E-state index contributed by atoms with van der Waals surface area (Å²) in [6.45, 7) is 1.52. The van der Waals surface area contributed by atoms with Crippen LogP contribution in [0.2, 0.25) is 0 Å². The maximum absolute atomic E-state index is 12.9. The second kappa shape index (κ2) is 10.4. The Hall–Kier alpha value is -3.57. The third kappa shape index (κ3) is 6.02. The fourth-order valence-electron chi connectivity index (χ4n) is 3.83. The Kier molecular flexibility index (Phi) is 7.10. The van der Waals surface area contributed by atoms with Gasteiger partial charge in [0.2, 0.25) is 10.0 Å². The fraction of sp³-hybridized carbons (Fsp3) is 0.143. The van der Waals surface area contributed by atoms with Crippen LogP contribution >= 0.6 is 0 Å². The van der Waals surface area contributed by atoms with Crippen LogP contribution in [-0.2, 0) is 29.7 Å². The Labute approximate surface area is 196 Å². The highest BCUT2D eigenvalue weighted by Gasteiger charge is 2.23. The van der Waals surface area contributed by atoms with Gasteiger partial charge in [-0.2, -0.15) is 0 Å². The van der Waals surface area contributed by atoms with Gasteiger partial charge in [-0.3, -0.25) is 4.31 Å². The van der Waals surface area contributed by atoms with Crippen molar-refractivity contribution >= 4 is 21.4 Å². The van der Waals surface area contributed by atoms with E-state index in [4.69, 9.17) is 0 Å². The molecule has 167 valence electrons. The standard InChI is InChI=1S/C28H27N2O2S/c1-33(31,32)30(23-26-17-9-4-10-18-26)28-20-12-11-19-27(28)29(21-24-13-5-2-6-14-24)22-25-15-7-3-8-16-25/h2-18,20H,21-23H2,1H3. The lowest BCUT2D eigenvalue weighted by molar-refractivity contribution is 0.596. The first kappa shape index (κ1) is 22.6. The van der Waals surface area contributed by atoms with Gasteiger partial charge in [0, 0.05) is 19.2 Å². The molecule has 0 atom stereocenters. The minimum Gasteiger partial charge on any atom is -0.361 e. The molecule has 0 amide bonds. The second-order valence-electron chi connectivity index (χ2n) is 7.99. The molecule has 4 aromatic rings. The van der Waals surface area contributed by atoms with Crippen LogP contribution in [0.25, 0.3) is 0 Å². The Bertz CT molecular complexity index is 1220. The van der Waals surface area contributed by atoms with Crippen LogP contribution in [0.4, 0.5) is 11.4 Å². The lowest BCUT2D eigenvalue weighted by Gasteiger charge is -2.31. The molecule has 0 saturated heterocycles. The maximum atomic E-state index is 12.9. The van der Waals surface area contributed by atoms with Crippen LogP contribution < -0.4 is 9.21 Å². The number of anilines is 2. The van der Waals surface area contributed by atoms with E-state index in [9.17, 15) is 8.42 Å². The molecule has 0 aliphatic rings. The van der Waals surface area contributed by atoms with Crippen molar-refractivity contribution in [3.8, 4) is 0 Å². The van der Waals surface area contributed by atoms with E-state index in [0.717, 1.165) is 22.4 Å². The van der Waals surface area contributed by atoms with Gasteiger partial charge in [-0.1, -0.05) is 103 Å². The molecule has 0 aliphatic carbocycles. The molecule has 0 unspecified atom stereocenters. The fourth-order valence-corrected chi connectivity index (χ4v) is 4.71. The van der Waals surface area contributed by atoms with Gasteiger partial charge in [0.25, 0.3) is 0 Å². The highest BCUT2D eigenvalue weighted by atomic mass is 32.2. The molecule has 1 radical (unpaired) electrons. The number of nitrogens with zero attached hydrogens (tertiary/aromatic N) is 2. The monoisotopic (exact) mass is 455 g/mol. The summed E-state index contributed by atoms with van der Waals surface area (Å²) in [5.41, 5.74) is 4.59. The average molecular weight is 456 g/mol. The van der Waals surface area contributed by atoms with E-state index in [0.29, 0.717) is 18.8 Å². The molecular weight excluding hydrogens is 428 g/mol. The van der Waals surface area contributed by atoms with E-state index in [-0.39, 0.29) is 6.54 Å². The largest absolute Gasteiger partial charge is 0.361 e. The van der Waals surface area contributed by atoms with Crippen LogP contribution in [-0.4, -0.2) is 14.7 Å². The summed E-state index contributed by atoms with van der Waals surface area (Å²) in [4.78, 5) is 2.18. The first-order valence-corrected chi connectivity index (χ1v) is 12.7. The third-order valence-electron chi connectivity index (χ3n) is 5.40. The van der Waals surface area contributed by atoms with E-state index >= 15 is 0 Å². The van der Waals surface area contributed by atoms with Crippen LogP contribution in [0.3, 0.4) is 0 Å². The summed E-state index contributed by atoms with van der Waals surface area (Å²) in [6, 6.07) is 38.9. The predicted octanol–water partition coefficient (Wildman–Crippen LogP) is 5.66. The van der Waals surface area contributed by atoms with E-state index in [1.54, 1.807) is 0 Å². The summed E-state index contributed by atoms with van der Waals surface area (Å²) < 4.78 is 27.3. The zero-order chi connectivity index (χ0) is 23.1. The first-order valence-electron chi connectivity index (χ1n) is 10.9. The molecule has 0 heterocycles. The summed E-state index contributed by atoms with van der Waals surface area (Å²) in [5, 5.41) is 0. The SMILES string of the molecule is CS(=O)(=O)N(Cc1ccccc1)c1ccc[c]c1N(Cc1ccccc1)Cc1ccccc1. The molecule has 0 aromatic heterocycles. The topological polar surface area (TPSA) is 40.6 Å². The number of rotatable bonds is 9. The van der Waals surface area contributed by atoms with Gasteiger partial charge < -0.3 is 4.90 Å². The summed E-state index contributed by atoms with van der Waals surface area (Å²) in [6.07, 6.45) is 1.26. The summed E-state index contributed by atoms with van der Waals surface area (Å²) >= 11 is 0. The molecule has 0 spiro atoms. The molecule has 5 heteroatoms. The number of hydrogen-bond donors (Lipinski definition) is 0.